The van der Waals surface area contributed by atoms with Gasteiger partial charge in [0.2, 0.25) is 11.8 Å². The third kappa shape index (κ3) is 4.83. The van der Waals surface area contributed by atoms with Crippen LogP contribution in [0.4, 0.5) is 10.2 Å². The summed E-state index contributed by atoms with van der Waals surface area (Å²) in [5.74, 6) is -0.995. The Hall–Kier alpha value is -4.52. The van der Waals surface area contributed by atoms with Crippen LogP contribution in [0, 0.1) is 0 Å². The van der Waals surface area contributed by atoms with E-state index in [9.17, 15) is 18.8 Å². The highest BCUT2D eigenvalue weighted by atomic mass is 79.9. The predicted octanol–water partition coefficient (Wildman–Crippen LogP) is 3.68. The molecule has 4 aromatic heterocycles. The number of rotatable bonds is 6. The molecule has 1 aliphatic heterocycles. The third-order valence-corrected chi connectivity index (χ3v) is 7.20. The van der Waals surface area contributed by atoms with Crippen molar-refractivity contribution in [2.24, 2.45) is 0 Å². The van der Waals surface area contributed by atoms with Crippen LogP contribution in [-0.2, 0) is 16.1 Å². The van der Waals surface area contributed by atoms with Gasteiger partial charge in [0, 0.05) is 36.7 Å². The minimum Gasteiger partial charge on any atom is -0.326 e. The van der Waals surface area contributed by atoms with Crippen LogP contribution in [0.25, 0.3) is 27.8 Å². The van der Waals surface area contributed by atoms with Gasteiger partial charge < -0.3 is 10.2 Å². The molecule has 202 valence electrons. The van der Waals surface area contributed by atoms with Gasteiger partial charge in [0.15, 0.2) is 11.4 Å². The summed E-state index contributed by atoms with van der Waals surface area (Å²) in [4.78, 5) is 48.4. The van der Waals surface area contributed by atoms with Crippen LogP contribution in [0.3, 0.4) is 0 Å². The minimum absolute atomic E-state index is 0.123. The maximum atomic E-state index is 14.5. The average Bonchev–Trinajstić information content (AvgIpc) is 3.65. The Kier molecular flexibility index (Phi) is 6.58. The molecular formula is C27H22BrFN8O3. The number of alkyl halides is 1. The Morgan fingerprint density at radius 3 is 2.77 bits per heavy atom. The molecule has 6 rings (SSSR count). The van der Waals surface area contributed by atoms with Gasteiger partial charge in [-0.1, -0.05) is 12.1 Å². The van der Waals surface area contributed by atoms with Crippen LogP contribution < -0.4 is 5.32 Å². The van der Waals surface area contributed by atoms with Gasteiger partial charge in [-0.05, 0) is 52.3 Å². The number of hydrogen-bond donors (Lipinski definition) is 1. The topological polar surface area (TPSA) is 127 Å². The van der Waals surface area contributed by atoms with E-state index < -0.39 is 24.0 Å². The molecule has 1 aromatic carbocycles. The number of anilines is 1. The second-order valence-electron chi connectivity index (χ2n) is 9.47. The molecule has 0 spiro atoms. The number of benzene rings is 1. The maximum absolute atomic E-state index is 14.5. The SMILES string of the molecule is CC(=O)c1nn(CC(=O)N2C[C@H](F)C[C@H]2C(=O)Nc2cccc(Br)n2)c2ccc(-c3ccc4nccn4n3)cc12. The molecule has 13 heteroatoms. The first kappa shape index (κ1) is 25.7. The van der Waals surface area contributed by atoms with Crippen molar-refractivity contribution in [1.82, 2.24) is 34.3 Å². The summed E-state index contributed by atoms with van der Waals surface area (Å²) in [6.07, 6.45) is 1.93. The summed E-state index contributed by atoms with van der Waals surface area (Å²) in [6.45, 7) is 0.920. The van der Waals surface area contributed by atoms with Crippen LogP contribution in [0.1, 0.15) is 23.8 Å². The number of hydrogen-bond acceptors (Lipinski definition) is 7. The fourth-order valence-electron chi connectivity index (χ4n) is 4.90. The normalized spacial score (nSPS) is 17.0. The van der Waals surface area contributed by atoms with E-state index in [4.69, 9.17) is 0 Å². The van der Waals surface area contributed by atoms with Crippen molar-refractivity contribution in [3.05, 3.63) is 71.2 Å². The molecule has 0 unspecified atom stereocenters. The Labute approximate surface area is 235 Å². The second kappa shape index (κ2) is 10.2. The number of amides is 2. The fraction of sp³-hybridized carbons (Fsp3) is 0.222. The molecule has 0 radical (unpaired) electrons. The van der Waals surface area contributed by atoms with Gasteiger partial charge >= 0.3 is 0 Å². The molecule has 5 aromatic rings. The maximum Gasteiger partial charge on any atom is 0.248 e. The smallest absolute Gasteiger partial charge is 0.248 e. The van der Waals surface area contributed by atoms with Crippen molar-refractivity contribution in [3.63, 3.8) is 0 Å². The molecule has 0 saturated carbocycles. The summed E-state index contributed by atoms with van der Waals surface area (Å²) in [6, 6.07) is 13.1. The second-order valence-corrected chi connectivity index (χ2v) is 10.3. The zero-order valence-electron chi connectivity index (χ0n) is 21.2. The van der Waals surface area contributed by atoms with E-state index in [1.54, 1.807) is 47.2 Å². The zero-order chi connectivity index (χ0) is 28.0. The van der Waals surface area contributed by atoms with E-state index in [2.05, 4.69) is 41.4 Å². The fourth-order valence-corrected chi connectivity index (χ4v) is 5.25. The van der Waals surface area contributed by atoms with Crippen LogP contribution in [0.15, 0.2) is 65.5 Å². The van der Waals surface area contributed by atoms with Crippen LogP contribution in [0.2, 0.25) is 0 Å². The highest BCUT2D eigenvalue weighted by Crippen LogP contribution is 2.28. The first-order chi connectivity index (χ1) is 19.3. The molecule has 1 N–H and O–H groups in total. The molecule has 40 heavy (non-hydrogen) atoms. The van der Waals surface area contributed by atoms with Crippen molar-refractivity contribution in [3.8, 4) is 11.3 Å². The summed E-state index contributed by atoms with van der Waals surface area (Å²) in [5, 5.41) is 12.2. The van der Waals surface area contributed by atoms with Crippen molar-refractivity contribution >= 4 is 55.9 Å². The van der Waals surface area contributed by atoms with Gasteiger partial charge in [0.05, 0.1) is 17.8 Å². The van der Waals surface area contributed by atoms with E-state index in [1.807, 2.05) is 18.2 Å². The quantitative estimate of drug-likeness (QED) is 0.231. The lowest BCUT2D eigenvalue weighted by Gasteiger charge is -2.23. The number of likely N-dealkylation sites (tertiary alicyclic amines) is 1. The number of halogens is 2. The molecule has 2 atom stereocenters. The highest BCUT2D eigenvalue weighted by Gasteiger charge is 2.40. The Morgan fingerprint density at radius 2 is 1.98 bits per heavy atom. The number of aromatic nitrogens is 6. The highest BCUT2D eigenvalue weighted by molar-refractivity contribution is 9.10. The van der Waals surface area contributed by atoms with Gasteiger partial charge in [-0.3, -0.25) is 19.1 Å². The predicted molar refractivity (Wildman–Crippen MR) is 147 cm³/mol. The number of carbonyl (C=O) groups is 3. The van der Waals surface area contributed by atoms with Gasteiger partial charge in [-0.25, -0.2) is 18.9 Å². The van der Waals surface area contributed by atoms with E-state index in [1.165, 1.54) is 16.5 Å². The van der Waals surface area contributed by atoms with E-state index in [0.717, 1.165) is 5.56 Å². The number of pyridine rings is 1. The first-order valence-corrected chi connectivity index (χ1v) is 13.3. The largest absolute Gasteiger partial charge is 0.326 e. The molecule has 0 bridgehead atoms. The minimum atomic E-state index is -1.35. The van der Waals surface area contributed by atoms with Crippen molar-refractivity contribution in [2.75, 3.05) is 11.9 Å². The summed E-state index contributed by atoms with van der Waals surface area (Å²) >= 11 is 3.25. The van der Waals surface area contributed by atoms with Crippen molar-refractivity contribution in [1.29, 1.82) is 0 Å². The summed E-state index contributed by atoms with van der Waals surface area (Å²) in [7, 11) is 0. The molecule has 1 saturated heterocycles. The van der Waals surface area contributed by atoms with Crippen LogP contribution in [0.5, 0.6) is 0 Å². The third-order valence-electron chi connectivity index (χ3n) is 6.76. The summed E-state index contributed by atoms with van der Waals surface area (Å²) < 4.78 is 18.1. The molecule has 1 fully saturated rings. The zero-order valence-corrected chi connectivity index (χ0v) is 22.7. The van der Waals surface area contributed by atoms with Gasteiger partial charge in [0.1, 0.15) is 34.9 Å². The molecular weight excluding hydrogens is 583 g/mol. The standard InChI is InChI=1S/C27H22BrFN8O3/c1-15(38)26-18-11-16(19-6-8-24-30-9-10-36(24)33-19)5-7-20(18)37(34-26)14-25(39)35-13-17(29)12-21(35)27(40)32-23-4-2-3-22(28)31-23/h2-11,17,21H,12-14H2,1H3,(H,31,32,40)/t17-,21+/m1/s1. The van der Waals surface area contributed by atoms with Crippen molar-refractivity contribution < 1.29 is 18.8 Å². The Balaban J connectivity index is 1.28. The molecule has 2 amide bonds. The van der Waals surface area contributed by atoms with E-state index in [-0.39, 0.29) is 36.8 Å². The number of ketones is 1. The van der Waals surface area contributed by atoms with Gasteiger partial charge in [0.25, 0.3) is 0 Å². The van der Waals surface area contributed by atoms with E-state index >= 15 is 0 Å². The lowest BCUT2D eigenvalue weighted by atomic mass is 10.1. The Bertz CT molecular complexity index is 1800. The number of nitrogens with zero attached hydrogens (tertiary/aromatic N) is 7. The number of fused-ring (bicyclic) bond motifs is 2. The van der Waals surface area contributed by atoms with E-state index in [0.29, 0.717) is 26.8 Å². The summed E-state index contributed by atoms with van der Waals surface area (Å²) in [5.41, 5.74) is 2.90. The average molecular weight is 605 g/mol. The van der Waals surface area contributed by atoms with Gasteiger partial charge in [-0.15, -0.1) is 0 Å². The number of nitrogens with one attached hydrogen (secondary N) is 1. The van der Waals surface area contributed by atoms with Crippen LogP contribution >= 0.6 is 15.9 Å². The number of imidazole rings is 1. The van der Waals surface area contributed by atoms with Crippen LogP contribution in [-0.4, -0.2) is 70.6 Å². The molecule has 11 nitrogen and oxygen atoms in total. The molecule has 0 aliphatic carbocycles. The number of Topliss-reactive ketones (excluding diaryl/α,β-unsaturated/α-hetero) is 1. The van der Waals surface area contributed by atoms with Crippen molar-refractivity contribution in [2.45, 2.75) is 32.1 Å². The lowest BCUT2D eigenvalue weighted by molar-refractivity contribution is -0.137. The Morgan fingerprint density at radius 1 is 1.12 bits per heavy atom. The first-order valence-electron chi connectivity index (χ1n) is 12.5. The van der Waals surface area contributed by atoms with Gasteiger partial charge in [-0.2, -0.15) is 10.2 Å². The monoisotopic (exact) mass is 604 g/mol. The number of carbonyl (C=O) groups excluding carboxylic acids is 3. The molecule has 1 aliphatic rings. The lowest BCUT2D eigenvalue weighted by Crippen LogP contribution is -2.44. The molecule has 5 heterocycles.